The van der Waals surface area contributed by atoms with Gasteiger partial charge in [-0.25, -0.2) is 0 Å². The topological polar surface area (TPSA) is 20.2 Å². The molecule has 0 fully saturated rings. The molecule has 0 aliphatic carbocycles. The van der Waals surface area contributed by atoms with Crippen LogP contribution in [0.4, 0.5) is 0 Å². The van der Waals surface area contributed by atoms with Crippen molar-refractivity contribution in [2.45, 2.75) is 17.3 Å². The van der Waals surface area contributed by atoms with Crippen molar-refractivity contribution < 1.29 is 5.11 Å². The Labute approximate surface area is 75.4 Å². The Hall–Kier alpha value is -0.180. The van der Waals surface area contributed by atoms with Crippen molar-refractivity contribution in [1.29, 1.82) is 0 Å². The number of thioether (sulfide) groups is 1. The zero-order valence-electron chi connectivity index (χ0n) is 6.12. The highest BCUT2D eigenvalue weighted by Crippen LogP contribution is 2.22. The standard InChI is InChI=1S/C8H9ClOS/c1-6(10)11-8-4-2-7(9)3-5-8/h2-6,10H,1H3. The second-order valence-electron chi connectivity index (χ2n) is 2.17. The maximum atomic E-state index is 9.01. The monoisotopic (exact) mass is 188 g/mol. The molecule has 0 saturated carbocycles. The largest absolute Gasteiger partial charge is 0.382 e. The van der Waals surface area contributed by atoms with E-state index in [2.05, 4.69) is 0 Å². The number of hydrogen-bond acceptors (Lipinski definition) is 2. The molecule has 0 amide bonds. The zero-order valence-corrected chi connectivity index (χ0v) is 7.69. The van der Waals surface area contributed by atoms with E-state index >= 15 is 0 Å². The Morgan fingerprint density at radius 2 is 1.91 bits per heavy atom. The summed E-state index contributed by atoms with van der Waals surface area (Å²) in [5, 5.41) is 9.73. The first kappa shape index (κ1) is 8.91. The molecule has 11 heavy (non-hydrogen) atoms. The minimum absolute atomic E-state index is 0.365. The molecule has 0 aromatic heterocycles. The molecule has 60 valence electrons. The van der Waals surface area contributed by atoms with Crippen LogP contribution in [0.15, 0.2) is 29.2 Å². The average molecular weight is 189 g/mol. The average Bonchev–Trinajstić information content (AvgIpc) is 1.93. The van der Waals surface area contributed by atoms with Gasteiger partial charge in [0, 0.05) is 9.92 Å². The first-order valence-corrected chi connectivity index (χ1v) is 4.54. The minimum atomic E-state index is -0.365. The third kappa shape index (κ3) is 3.14. The quantitative estimate of drug-likeness (QED) is 0.569. The lowest BCUT2D eigenvalue weighted by Gasteiger charge is -2.02. The fraction of sp³-hybridized carbons (Fsp3) is 0.250. The summed E-state index contributed by atoms with van der Waals surface area (Å²) in [5.74, 6) is 0. The van der Waals surface area contributed by atoms with Gasteiger partial charge in [0.1, 0.15) is 5.44 Å². The van der Waals surface area contributed by atoms with Gasteiger partial charge in [0.05, 0.1) is 0 Å². The molecular weight excluding hydrogens is 180 g/mol. The van der Waals surface area contributed by atoms with Crippen LogP contribution in [0.2, 0.25) is 5.02 Å². The Kier molecular flexibility index (Phi) is 3.24. The van der Waals surface area contributed by atoms with Gasteiger partial charge in [-0.3, -0.25) is 0 Å². The highest BCUT2D eigenvalue weighted by Gasteiger charge is 1.97. The summed E-state index contributed by atoms with van der Waals surface area (Å²) in [4.78, 5) is 1.03. The lowest BCUT2D eigenvalue weighted by atomic mass is 10.4. The number of rotatable bonds is 2. The predicted octanol–water partition coefficient (Wildman–Crippen LogP) is 2.77. The maximum Gasteiger partial charge on any atom is 0.101 e. The van der Waals surface area contributed by atoms with Crippen molar-refractivity contribution in [1.82, 2.24) is 0 Å². The summed E-state index contributed by atoms with van der Waals surface area (Å²) in [5.41, 5.74) is -0.365. The van der Waals surface area contributed by atoms with E-state index in [0.717, 1.165) is 9.92 Å². The van der Waals surface area contributed by atoms with Crippen LogP contribution in [0.25, 0.3) is 0 Å². The van der Waals surface area contributed by atoms with Crippen molar-refractivity contribution in [3.8, 4) is 0 Å². The van der Waals surface area contributed by atoms with Gasteiger partial charge in [-0.15, -0.1) is 0 Å². The molecule has 0 aliphatic heterocycles. The van der Waals surface area contributed by atoms with E-state index in [-0.39, 0.29) is 5.44 Å². The summed E-state index contributed by atoms with van der Waals surface area (Å²) >= 11 is 7.08. The molecule has 1 aromatic rings. The summed E-state index contributed by atoms with van der Waals surface area (Å²) in [6.07, 6.45) is 0. The van der Waals surface area contributed by atoms with Crippen molar-refractivity contribution in [2.75, 3.05) is 0 Å². The van der Waals surface area contributed by atoms with Crippen LogP contribution < -0.4 is 0 Å². The Balaban J connectivity index is 2.66. The number of aliphatic hydroxyl groups is 1. The first-order chi connectivity index (χ1) is 5.18. The molecule has 0 heterocycles. The lowest BCUT2D eigenvalue weighted by molar-refractivity contribution is 0.284. The van der Waals surface area contributed by atoms with Crippen molar-refractivity contribution in [3.05, 3.63) is 29.3 Å². The van der Waals surface area contributed by atoms with Gasteiger partial charge >= 0.3 is 0 Å². The number of halogens is 1. The lowest BCUT2D eigenvalue weighted by Crippen LogP contribution is -1.90. The molecule has 0 radical (unpaired) electrons. The highest BCUT2D eigenvalue weighted by molar-refractivity contribution is 7.99. The van der Waals surface area contributed by atoms with E-state index in [1.54, 1.807) is 6.92 Å². The number of aliphatic hydroxyl groups excluding tert-OH is 1. The van der Waals surface area contributed by atoms with Crippen LogP contribution in [-0.2, 0) is 0 Å². The fourth-order valence-electron chi connectivity index (χ4n) is 0.710. The molecule has 0 spiro atoms. The van der Waals surface area contributed by atoms with Crippen LogP contribution in [0.5, 0.6) is 0 Å². The van der Waals surface area contributed by atoms with Crippen LogP contribution in [-0.4, -0.2) is 10.5 Å². The van der Waals surface area contributed by atoms with Gasteiger partial charge < -0.3 is 5.11 Å². The summed E-state index contributed by atoms with van der Waals surface area (Å²) < 4.78 is 0. The van der Waals surface area contributed by atoms with Crippen molar-refractivity contribution in [3.63, 3.8) is 0 Å². The maximum absolute atomic E-state index is 9.01. The normalized spacial score (nSPS) is 13.0. The van der Waals surface area contributed by atoms with Gasteiger partial charge in [-0.2, -0.15) is 0 Å². The van der Waals surface area contributed by atoms with E-state index in [4.69, 9.17) is 16.7 Å². The van der Waals surface area contributed by atoms with E-state index in [0.29, 0.717) is 0 Å². The van der Waals surface area contributed by atoms with Gasteiger partial charge in [0.2, 0.25) is 0 Å². The minimum Gasteiger partial charge on any atom is -0.382 e. The summed E-state index contributed by atoms with van der Waals surface area (Å²) in [6.45, 7) is 1.74. The van der Waals surface area contributed by atoms with Crippen LogP contribution in [0.3, 0.4) is 0 Å². The molecule has 3 heteroatoms. The van der Waals surface area contributed by atoms with Gasteiger partial charge in [-0.05, 0) is 31.2 Å². The van der Waals surface area contributed by atoms with Crippen molar-refractivity contribution in [2.24, 2.45) is 0 Å². The molecule has 0 saturated heterocycles. The molecule has 1 aromatic carbocycles. The SMILES string of the molecule is CC(O)Sc1ccc(Cl)cc1. The fourth-order valence-corrected chi connectivity index (χ4v) is 1.52. The second-order valence-corrected chi connectivity index (χ2v) is 4.00. The Bertz CT molecular complexity index is 220. The number of hydrogen-bond donors (Lipinski definition) is 1. The van der Waals surface area contributed by atoms with Gasteiger partial charge in [0.25, 0.3) is 0 Å². The predicted molar refractivity (Wildman–Crippen MR) is 49.0 cm³/mol. The third-order valence-electron chi connectivity index (χ3n) is 1.12. The molecule has 1 atom stereocenters. The summed E-state index contributed by atoms with van der Waals surface area (Å²) in [6, 6.07) is 7.40. The van der Waals surface area contributed by atoms with E-state index in [9.17, 15) is 0 Å². The molecule has 1 rings (SSSR count). The first-order valence-electron chi connectivity index (χ1n) is 3.29. The van der Waals surface area contributed by atoms with Gasteiger partial charge in [0.15, 0.2) is 0 Å². The molecule has 1 unspecified atom stereocenters. The zero-order chi connectivity index (χ0) is 8.27. The van der Waals surface area contributed by atoms with Crippen LogP contribution in [0, 0.1) is 0 Å². The molecule has 0 aliphatic rings. The molecular formula is C8H9ClOS. The van der Waals surface area contributed by atoms with Crippen LogP contribution in [0.1, 0.15) is 6.92 Å². The molecule has 0 bridgehead atoms. The Morgan fingerprint density at radius 1 is 1.36 bits per heavy atom. The van der Waals surface area contributed by atoms with E-state index in [1.807, 2.05) is 24.3 Å². The van der Waals surface area contributed by atoms with Crippen molar-refractivity contribution >= 4 is 23.4 Å². The van der Waals surface area contributed by atoms with Gasteiger partial charge in [-0.1, -0.05) is 23.4 Å². The Morgan fingerprint density at radius 3 is 2.36 bits per heavy atom. The third-order valence-corrected chi connectivity index (χ3v) is 2.26. The van der Waals surface area contributed by atoms with Crippen LogP contribution >= 0.6 is 23.4 Å². The molecule has 1 nitrogen and oxygen atoms in total. The van der Waals surface area contributed by atoms with E-state index in [1.165, 1.54) is 11.8 Å². The summed E-state index contributed by atoms with van der Waals surface area (Å²) in [7, 11) is 0. The number of benzene rings is 1. The van der Waals surface area contributed by atoms with E-state index < -0.39 is 0 Å². The smallest absolute Gasteiger partial charge is 0.101 e. The highest BCUT2D eigenvalue weighted by atomic mass is 35.5. The second kappa shape index (κ2) is 4.00. The molecule has 1 N–H and O–H groups in total.